The first kappa shape index (κ1) is 12.8. The summed E-state index contributed by atoms with van der Waals surface area (Å²) < 4.78 is 7.80. The van der Waals surface area contributed by atoms with E-state index < -0.39 is 0 Å². The number of thiazole rings is 1. The van der Waals surface area contributed by atoms with Crippen molar-refractivity contribution >= 4 is 16.3 Å². The van der Waals surface area contributed by atoms with Gasteiger partial charge in [-0.05, 0) is 6.07 Å². The van der Waals surface area contributed by atoms with Crippen LogP contribution in [-0.4, -0.2) is 22.0 Å². The molecule has 0 aliphatic carbocycles. The van der Waals surface area contributed by atoms with Crippen LogP contribution in [0, 0.1) is 0 Å². The minimum absolute atomic E-state index is 0.109. The molecule has 6 heteroatoms. The van der Waals surface area contributed by atoms with Crippen molar-refractivity contribution in [2.75, 3.05) is 6.61 Å². The molecule has 108 valence electrons. The van der Waals surface area contributed by atoms with Crippen molar-refractivity contribution in [2.24, 2.45) is 5.84 Å². The fraction of sp³-hybridized carbons (Fsp3) is 0.267. The van der Waals surface area contributed by atoms with Gasteiger partial charge >= 0.3 is 0 Å². The average Bonchev–Trinajstić information content (AvgIpc) is 3.18. The maximum absolute atomic E-state index is 5.79. The quantitative estimate of drug-likeness (QED) is 0.571. The highest BCUT2D eigenvalue weighted by molar-refractivity contribution is 7.15. The van der Waals surface area contributed by atoms with Crippen molar-refractivity contribution in [3.05, 3.63) is 53.3 Å². The van der Waals surface area contributed by atoms with Crippen molar-refractivity contribution < 1.29 is 4.74 Å². The first-order valence-corrected chi connectivity index (χ1v) is 7.82. The summed E-state index contributed by atoms with van der Waals surface area (Å²) >= 11 is 1.64. The van der Waals surface area contributed by atoms with Gasteiger partial charge in [-0.1, -0.05) is 18.2 Å². The minimum Gasteiger partial charge on any atom is -0.493 e. The summed E-state index contributed by atoms with van der Waals surface area (Å²) in [6, 6.07) is 8.27. The summed E-state index contributed by atoms with van der Waals surface area (Å²) in [6.45, 7) is 0.663. The molecule has 1 aliphatic rings. The van der Waals surface area contributed by atoms with E-state index in [0.717, 1.165) is 22.8 Å². The van der Waals surface area contributed by atoms with Crippen LogP contribution in [-0.2, 0) is 6.42 Å². The van der Waals surface area contributed by atoms with Crippen LogP contribution >= 0.6 is 11.3 Å². The normalized spacial score (nSPS) is 18.6. The Bertz CT molecular complexity index is 737. The third kappa shape index (κ3) is 2.21. The van der Waals surface area contributed by atoms with Crippen LogP contribution in [0.2, 0.25) is 0 Å². The lowest BCUT2D eigenvalue weighted by atomic mass is 9.91. The number of fused-ring (bicyclic) bond motifs is 2. The van der Waals surface area contributed by atoms with E-state index in [9.17, 15) is 0 Å². The molecule has 0 bridgehead atoms. The minimum atomic E-state index is 0.109. The molecule has 0 amide bonds. The van der Waals surface area contributed by atoms with Crippen LogP contribution in [0.3, 0.4) is 0 Å². The van der Waals surface area contributed by atoms with Gasteiger partial charge in [0.15, 0.2) is 4.96 Å². The van der Waals surface area contributed by atoms with E-state index >= 15 is 0 Å². The third-order valence-electron chi connectivity index (χ3n) is 4.01. The maximum Gasteiger partial charge on any atom is 0.193 e. The molecule has 2 unspecified atom stereocenters. The van der Waals surface area contributed by atoms with Crippen LogP contribution in [0.15, 0.2) is 42.0 Å². The number of benzene rings is 1. The van der Waals surface area contributed by atoms with E-state index in [1.165, 1.54) is 5.56 Å². The molecule has 4 rings (SSSR count). The molecule has 3 N–H and O–H groups in total. The van der Waals surface area contributed by atoms with Gasteiger partial charge in [0.25, 0.3) is 0 Å². The standard InChI is InChI=1S/C15H16N4OS/c16-18-13(7-10-8-19-5-6-21-15(19)17-10)12-9-20-14-4-2-1-3-11(12)14/h1-6,8,12-13,18H,7,9,16H2. The molecule has 1 aromatic carbocycles. The highest BCUT2D eigenvalue weighted by Crippen LogP contribution is 2.36. The van der Waals surface area contributed by atoms with Gasteiger partial charge < -0.3 is 4.74 Å². The van der Waals surface area contributed by atoms with Gasteiger partial charge in [-0.25, -0.2) is 4.98 Å². The Labute approximate surface area is 126 Å². The lowest BCUT2D eigenvalue weighted by Crippen LogP contribution is -2.42. The van der Waals surface area contributed by atoms with Crippen molar-refractivity contribution in [1.82, 2.24) is 14.8 Å². The van der Waals surface area contributed by atoms with E-state index in [0.29, 0.717) is 6.61 Å². The van der Waals surface area contributed by atoms with Crippen LogP contribution in [0.25, 0.3) is 4.96 Å². The van der Waals surface area contributed by atoms with E-state index in [1.807, 2.05) is 34.2 Å². The molecule has 5 nitrogen and oxygen atoms in total. The number of nitrogens with zero attached hydrogens (tertiary/aromatic N) is 2. The first-order valence-electron chi connectivity index (χ1n) is 6.94. The van der Waals surface area contributed by atoms with Gasteiger partial charge in [0.1, 0.15) is 5.75 Å². The van der Waals surface area contributed by atoms with Gasteiger partial charge in [-0.2, -0.15) is 0 Å². The summed E-state index contributed by atoms with van der Waals surface area (Å²) in [4.78, 5) is 5.65. The van der Waals surface area contributed by atoms with Gasteiger partial charge in [0, 0.05) is 41.7 Å². The highest BCUT2D eigenvalue weighted by atomic mass is 32.1. The molecular weight excluding hydrogens is 284 g/mol. The number of para-hydroxylation sites is 1. The molecule has 0 fully saturated rings. The molecule has 21 heavy (non-hydrogen) atoms. The first-order chi connectivity index (χ1) is 10.3. The largest absolute Gasteiger partial charge is 0.493 e. The van der Waals surface area contributed by atoms with Crippen molar-refractivity contribution in [3.8, 4) is 5.75 Å². The maximum atomic E-state index is 5.79. The van der Waals surface area contributed by atoms with Crippen molar-refractivity contribution in [1.29, 1.82) is 0 Å². The Balaban J connectivity index is 1.59. The zero-order valence-electron chi connectivity index (χ0n) is 11.4. The summed E-state index contributed by atoms with van der Waals surface area (Å²) in [5.74, 6) is 7.01. The van der Waals surface area contributed by atoms with E-state index in [-0.39, 0.29) is 12.0 Å². The molecule has 0 radical (unpaired) electrons. The smallest absolute Gasteiger partial charge is 0.193 e. The molecule has 0 spiro atoms. The number of rotatable bonds is 4. The van der Waals surface area contributed by atoms with E-state index in [2.05, 4.69) is 22.7 Å². The van der Waals surface area contributed by atoms with Gasteiger partial charge in [-0.3, -0.25) is 15.7 Å². The molecule has 3 aromatic rings. The number of aromatic nitrogens is 2. The Morgan fingerprint density at radius 1 is 1.48 bits per heavy atom. The van der Waals surface area contributed by atoms with E-state index in [4.69, 9.17) is 10.6 Å². The summed E-state index contributed by atoms with van der Waals surface area (Å²) in [5, 5.41) is 2.03. The zero-order valence-corrected chi connectivity index (χ0v) is 12.2. The third-order valence-corrected chi connectivity index (χ3v) is 4.78. The predicted molar refractivity (Wildman–Crippen MR) is 82.6 cm³/mol. The Morgan fingerprint density at radius 3 is 3.24 bits per heavy atom. The van der Waals surface area contributed by atoms with Gasteiger partial charge in [0.2, 0.25) is 0 Å². The van der Waals surface area contributed by atoms with Crippen LogP contribution in [0.5, 0.6) is 5.75 Å². The van der Waals surface area contributed by atoms with Crippen LogP contribution in [0.4, 0.5) is 0 Å². The average molecular weight is 300 g/mol. The molecular formula is C15H16N4OS. The Kier molecular flexibility index (Phi) is 3.14. The lowest BCUT2D eigenvalue weighted by Gasteiger charge is -2.21. The number of hydrogen-bond acceptors (Lipinski definition) is 5. The fourth-order valence-corrected chi connectivity index (χ4v) is 3.66. The topological polar surface area (TPSA) is 64.6 Å². The van der Waals surface area contributed by atoms with Crippen molar-refractivity contribution in [3.63, 3.8) is 0 Å². The molecule has 2 atom stereocenters. The fourth-order valence-electron chi connectivity index (χ4n) is 2.94. The zero-order chi connectivity index (χ0) is 14.2. The predicted octanol–water partition coefficient (Wildman–Crippen LogP) is 1.95. The van der Waals surface area contributed by atoms with Gasteiger partial charge in [0.05, 0.1) is 12.3 Å². The SMILES string of the molecule is NNC(Cc1cn2ccsc2n1)C1COc2ccccc21. The molecule has 2 aromatic heterocycles. The second-order valence-electron chi connectivity index (χ2n) is 5.26. The summed E-state index contributed by atoms with van der Waals surface area (Å²) in [5.41, 5.74) is 5.22. The van der Waals surface area contributed by atoms with E-state index in [1.54, 1.807) is 11.3 Å². The number of imidazole rings is 1. The molecule has 1 aliphatic heterocycles. The number of nitrogens with one attached hydrogen (secondary N) is 1. The molecule has 0 saturated heterocycles. The Morgan fingerprint density at radius 2 is 2.38 bits per heavy atom. The van der Waals surface area contributed by atoms with Gasteiger partial charge in [-0.15, -0.1) is 11.3 Å². The monoisotopic (exact) mass is 300 g/mol. The highest BCUT2D eigenvalue weighted by Gasteiger charge is 2.31. The molecule has 3 heterocycles. The number of hydrogen-bond donors (Lipinski definition) is 2. The van der Waals surface area contributed by atoms with Crippen LogP contribution < -0.4 is 16.0 Å². The number of nitrogens with two attached hydrogens (primary N) is 1. The van der Waals surface area contributed by atoms with Crippen LogP contribution in [0.1, 0.15) is 17.2 Å². The van der Waals surface area contributed by atoms with Crippen molar-refractivity contribution in [2.45, 2.75) is 18.4 Å². The summed E-state index contributed by atoms with van der Waals surface area (Å²) in [6.07, 6.45) is 4.88. The number of hydrazine groups is 1. The number of ether oxygens (including phenoxy) is 1. The second kappa shape index (κ2) is 5.14. The summed E-state index contributed by atoms with van der Waals surface area (Å²) in [7, 11) is 0. The lowest BCUT2D eigenvalue weighted by molar-refractivity contribution is 0.297. The Hall–Kier alpha value is -1.89. The molecule has 0 saturated carbocycles. The second-order valence-corrected chi connectivity index (χ2v) is 6.13.